The maximum Gasteiger partial charge on any atom is 0.0935 e. The second-order valence-corrected chi connectivity index (χ2v) is 4.61. The molecule has 2 heteroatoms. The van der Waals surface area contributed by atoms with Gasteiger partial charge in [0.2, 0.25) is 0 Å². The van der Waals surface area contributed by atoms with Crippen LogP contribution in [0.4, 0.5) is 0 Å². The van der Waals surface area contributed by atoms with Crippen LogP contribution in [-0.4, -0.2) is 18.2 Å². The van der Waals surface area contributed by atoms with Crippen LogP contribution in [0.1, 0.15) is 31.7 Å². The van der Waals surface area contributed by atoms with E-state index in [0.29, 0.717) is 6.61 Å². The molecule has 88 valence electrons. The van der Waals surface area contributed by atoms with Gasteiger partial charge >= 0.3 is 0 Å². The highest BCUT2D eigenvalue weighted by atomic mass is 16.7. The Bertz CT molecular complexity index is 293. The highest BCUT2D eigenvalue weighted by Crippen LogP contribution is 2.22. The normalized spacial score (nSPS) is 17.3. The summed E-state index contributed by atoms with van der Waals surface area (Å²) in [5.41, 5.74) is 1.25. The maximum atomic E-state index is 5.71. The number of hydrogen-bond donors (Lipinski definition) is 0. The van der Waals surface area contributed by atoms with Gasteiger partial charge in [0.1, 0.15) is 0 Å². The van der Waals surface area contributed by atoms with E-state index < -0.39 is 0 Å². The van der Waals surface area contributed by atoms with E-state index in [1.165, 1.54) is 24.8 Å². The van der Waals surface area contributed by atoms with Crippen molar-refractivity contribution >= 4 is 0 Å². The lowest BCUT2D eigenvalue weighted by Gasteiger charge is -2.38. The second kappa shape index (κ2) is 6.02. The molecule has 0 aromatic heterocycles. The summed E-state index contributed by atoms with van der Waals surface area (Å²) in [5.74, 6) is 0.871. The molecule has 1 aromatic rings. The Labute approximate surface area is 98.2 Å². The average molecular weight is 219 g/mol. The molecule has 1 fully saturated rings. The highest BCUT2D eigenvalue weighted by molar-refractivity contribution is 5.13. The highest BCUT2D eigenvalue weighted by Gasteiger charge is 2.26. The topological polar surface area (TPSA) is 12.5 Å². The first-order chi connectivity index (χ1) is 7.88. The Morgan fingerprint density at radius 1 is 1.25 bits per heavy atom. The number of nitrogens with zero attached hydrogens (tertiary/aromatic N) is 1. The summed E-state index contributed by atoms with van der Waals surface area (Å²) < 4.78 is 0. The zero-order valence-corrected chi connectivity index (χ0v) is 10.1. The molecule has 0 spiro atoms. The van der Waals surface area contributed by atoms with Gasteiger partial charge in [-0.2, -0.15) is 5.06 Å². The zero-order chi connectivity index (χ0) is 11.2. The molecule has 0 atom stereocenters. The molecule has 1 heterocycles. The van der Waals surface area contributed by atoms with Crippen LogP contribution in [-0.2, 0) is 11.4 Å². The van der Waals surface area contributed by atoms with E-state index in [1.807, 2.05) is 6.07 Å². The van der Waals surface area contributed by atoms with E-state index >= 15 is 0 Å². The molecule has 1 saturated heterocycles. The van der Waals surface area contributed by atoms with Crippen LogP contribution in [0.2, 0.25) is 0 Å². The first-order valence-electron chi connectivity index (χ1n) is 6.30. The molecule has 1 aliphatic heterocycles. The molecule has 1 aliphatic rings. The van der Waals surface area contributed by atoms with Crippen molar-refractivity contribution in [2.24, 2.45) is 5.92 Å². The summed E-state index contributed by atoms with van der Waals surface area (Å²) in [6.45, 7) is 5.20. The molecular formula is C14H21NO. The van der Waals surface area contributed by atoms with Crippen molar-refractivity contribution in [3.8, 4) is 0 Å². The van der Waals surface area contributed by atoms with Crippen molar-refractivity contribution in [3.05, 3.63) is 35.9 Å². The Morgan fingerprint density at radius 2 is 2.00 bits per heavy atom. The fourth-order valence-corrected chi connectivity index (χ4v) is 2.04. The summed E-state index contributed by atoms with van der Waals surface area (Å²) in [7, 11) is 0. The summed E-state index contributed by atoms with van der Waals surface area (Å²) in [6.07, 6.45) is 4.03. The van der Waals surface area contributed by atoms with E-state index in [4.69, 9.17) is 4.84 Å². The van der Waals surface area contributed by atoms with Gasteiger partial charge in [0.05, 0.1) is 6.61 Å². The van der Waals surface area contributed by atoms with Gasteiger partial charge in [-0.25, -0.2) is 0 Å². The molecule has 0 aliphatic carbocycles. The number of benzene rings is 1. The van der Waals surface area contributed by atoms with Gasteiger partial charge < -0.3 is 0 Å². The lowest BCUT2D eigenvalue weighted by Crippen LogP contribution is -2.46. The van der Waals surface area contributed by atoms with Crippen LogP contribution in [0.3, 0.4) is 0 Å². The molecule has 0 radical (unpaired) electrons. The summed E-state index contributed by atoms with van der Waals surface area (Å²) in [6, 6.07) is 10.4. The number of rotatable bonds is 6. The summed E-state index contributed by atoms with van der Waals surface area (Å²) in [5, 5.41) is 2.09. The standard InChI is InChI=1S/C14H21NO/c1-2-3-7-14-10-15(11-14)16-12-13-8-5-4-6-9-13/h4-6,8-9,14H,2-3,7,10-12H2,1H3. The third-order valence-corrected chi connectivity index (χ3v) is 3.15. The van der Waals surface area contributed by atoms with E-state index in [0.717, 1.165) is 19.0 Å². The molecule has 0 unspecified atom stereocenters. The van der Waals surface area contributed by atoms with Crippen LogP contribution in [0.25, 0.3) is 0 Å². The third-order valence-electron chi connectivity index (χ3n) is 3.15. The molecule has 1 aromatic carbocycles. The summed E-state index contributed by atoms with van der Waals surface area (Å²) >= 11 is 0. The van der Waals surface area contributed by atoms with Gasteiger partial charge in [0, 0.05) is 13.1 Å². The smallest absolute Gasteiger partial charge is 0.0935 e. The number of unbranched alkanes of at least 4 members (excludes halogenated alkanes) is 1. The zero-order valence-electron chi connectivity index (χ0n) is 10.1. The van der Waals surface area contributed by atoms with E-state index in [2.05, 4.69) is 36.3 Å². The first-order valence-corrected chi connectivity index (χ1v) is 6.30. The fraction of sp³-hybridized carbons (Fsp3) is 0.571. The Hall–Kier alpha value is -0.860. The van der Waals surface area contributed by atoms with Gasteiger partial charge in [0.25, 0.3) is 0 Å². The Morgan fingerprint density at radius 3 is 2.69 bits per heavy atom. The lowest BCUT2D eigenvalue weighted by molar-refractivity contribution is -0.229. The SMILES string of the molecule is CCCCC1CN(OCc2ccccc2)C1. The van der Waals surface area contributed by atoms with E-state index in [-0.39, 0.29) is 0 Å². The van der Waals surface area contributed by atoms with E-state index in [1.54, 1.807) is 0 Å². The molecule has 2 rings (SSSR count). The third kappa shape index (κ3) is 3.32. The average Bonchev–Trinajstić information content (AvgIpc) is 2.28. The Balaban J connectivity index is 1.60. The van der Waals surface area contributed by atoms with Crippen LogP contribution in [0.5, 0.6) is 0 Å². The minimum atomic E-state index is 0.710. The molecule has 0 saturated carbocycles. The molecule has 16 heavy (non-hydrogen) atoms. The second-order valence-electron chi connectivity index (χ2n) is 4.61. The van der Waals surface area contributed by atoms with Gasteiger partial charge in [-0.15, -0.1) is 0 Å². The summed E-state index contributed by atoms with van der Waals surface area (Å²) in [4.78, 5) is 5.71. The van der Waals surface area contributed by atoms with Crippen LogP contribution >= 0.6 is 0 Å². The minimum absolute atomic E-state index is 0.710. The predicted octanol–water partition coefficient (Wildman–Crippen LogP) is 3.24. The van der Waals surface area contributed by atoms with Crippen molar-refractivity contribution in [3.63, 3.8) is 0 Å². The van der Waals surface area contributed by atoms with Crippen LogP contribution in [0.15, 0.2) is 30.3 Å². The van der Waals surface area contributed by atoms with E-state index in [9.17, 15) is 0 Å². The first kappa shape index (κ1) is 11.6. The molecule has 0 amide bonds. The van der Waals surface area contributed by atoms with Gasteiger partial charge in [0.15, 0.2) is 0 Å². The molecule has 0 bridgehead atoms. The van der Waals surface area contributed by atoms with Crippen LogP contribution in [0, 0.1) is 5.92 Å². The van der Waals surface area contributed by atoms with Crippen molar-refractivity contribution in [2.45, 2.75) is 32.8 Å². The van der Waals surface area contributed by atoms with Crippen molar-refractivity contribution in [1.82, 2.24) is 5.06 Å². The van der Waals surface area contributed by atoms with Crippen molar-refractivity contribution in [2.75, 3.05) is 13.1 Å². The van der Waals surface area contributed by atoms with Crippen molar-refractivity contribution < 1.29 is 4.84 Å². The number of hydroxylamine groups is 2. The minimum Gasteiger partial charge on any atom is -0.294 e. The monoisotopic (exact) mass is 219 g/mol. The lowest BCUT2D eigenvalue weighted by atomic mass is 9.96. The maximum absolute atomic E-state index is 5.71. The van der Waals surface area contributed by atoms with Gasteiger partial charge in [-0.3, -0.25) is 4.84 Å². The molecule has 0 N–H and O–H groups in total. The van der Waals surface area contributed by atoms with Crippen LogP contribution < -0.4 is 0 Å². The molecule has 2 nitrogen and oxygen atoms in total. The quantitative estimate of drug-likeness (QED) is 0.728. The molecular weight excluding hydrogens is 198 g/mol. The number of hydrogen-bond acceptors (Lipinski definition) is 2. The van der Waals surface area contributed by atoms with Gasteiger partial charge in [-0.1, -0.05) is 50.1 Å². The predicted molar refractivity (Wildman–Crippen MR) is 65.8 cm³/mol. The van der Waals surface area contributed by atoms with Gasteiger partial charge in [-0.05, 0) is 17.9 Å². The fourth-order valence-electron chi connectivity index (χ4n) is 2.04. The Kier molecular flexibility index (Phi) is 4.37. The largest absolute Gasteiger partial charge is 0.294 e. The van der Waals surface area contributed by atoms with Crippen molar-refractivity contribution in [1.29, 1.82) is 0 Å².